The average Bonchev–Trinajstić information content (AvgIpc) is 3.48. The lowest BCUT2D eigenvalue weighted by atomic mass is 10.1. The van der Waals surface area contributed by atoms with Crippen LogP contribution >= 0.6 is 0 Å². The summed E-state index contributed by atoms with van der Waals surface area (Å²) in [4.78, 5) is 28.0. The van der Waals surface area contributed by atoms with Crippen molar-refractivity contribution in [1.29, 1.82) is 0 Å². The molecule has 29 heavy (non-hydrogen) atoms. The van der Waals surface area contributed by atoms with Gasteiger partial charge in [0.1, 0.15) is 5.82 Å². The van der Waals surface area contributed by atoms with Gasteiger partial charge >= 0.3 is 0 Å². The predicted molar refractivity (Wildman–Crippen MR) is 113 cm³/mol. The minimum absolute atomic E-state index is 0.234. The summed E-state index contributed by atoms with van der Waals surface area (Å²) >= 11 is 0. The highest BCUT2D eigenvalue weighted by Crippen LogP contribution is 2.38. The number of carbonyl (C=O) groups is 1. The number of fused-ring (bicyclic) bond motifs is 3. The van der Waals surface area contributed by atoms with Crippen LogP contribution in [0, 0.1) is 5.92 Å². The molecular formula is C21H21N7O. The highest BCUT2D eigenvalue weighted by Gasteiger charge is 2.29. The first kappa shape index (κ1) is 17.4. The third-order valence-corrected chi connectivity index (χ3v) is 5.59. The van der Waals surface area contributed by atoms with E-state index >= 15 is 0 Å². The standard InChI is InChI=1S/C21H21N7O/c1-10(11-2-3-11)27-20-17-14-5-4-12(13-7-25-21(23)26-8-13)6-16(14)28-18(17)15(9-24-20)19(22)29/h4-11,28H,2-3H2,1H3,(H2,22,29)(H,24,27)(H2,23,25,26)/t10-/m0/s1. The number of anilines is 2. The zero-order valence-corrected chi connectivity index (χ0v) is 15.9. The minimum atomic E-state index is -0.511. The number of rotatable bonds is 5. The summed E-state index contributed by atoms with van der Waals surface area (Å²) < 4.78 is 0. The number of primary amides is 1. The number of carbonyl (C=O) groups excluding carboxylic acids is 1. The lowest BCUT2D eigenvalue weighted by Gasteiger charge is -2.15. The molecule has 0 saturated heterocycles. The van der Waals surface area contributed by atoms with Gasteiger partial charge in [-0.05, 0) is 37.3 Å². The Kier molecular flexibility index (Phi) is 3.87. The number of hydrogen-bond donors (Lipinski definition) is 4. The summed E-state index contributed by atoms with van der Waals surface area (Å²) in [6.45, 7) is 2.17. The van der Waals surface area contributed by atoms with E-state index in [9.17, 15) is 4.79 Å². The van der Waals surface area contributed by atoms with Crippen LogP contribution in [0.25, 0.3) is 32.9 Å². The van der Waals surface area contributed by atoms with Crippen molar-refractivity contribution in [2.75, 3.05) is 11.1 Å². The van der Waals surface area contributed by atoms with Gasteiger partial charge in [0.15, 0.2) is 0 Å². The molecular weight excluding hydrogens is 366 g/mol. The molecule has 0 aliphatic heterocycles. The third-order valence-electron chi connectivity index (χ3n) is 5.59. The molecule has 0 unspecified atom stereocenters. The normalized spacial score (nSPS) is 14.9. The van der Waals surface area contributed by atoms with Crippen LogP contribution < -0.4 is 16.8 Å². The van der Waals surface area contributed by atoms with E-state index in [1.807, 2.05) is 18.2 Å². The van der Waals surface area contributed by atoms with Gasteiger partial charge in [-0.3, -0.25) is 4.79 Å². The number of aromatic amines is 1. The van der Waals surface area contributed by atoms with E-state index in [2.05, 4.69) is 32.2 Å². The Morgan fingerprint density at radius 2 is 1.93 bits per heavy atom. The maximum atomic E-state index is 12.0. The second-order valence-electron chi connectivity index (χ2n) is 7.62. The fourth-order valence-corrected chi connectivity index (χ4v) is 3.80. The number of hydrogen-bond acceptors (Lipinski definition) is 6. The number of aromatic nitrogens is 4. The van der Waals surface area contributed by atoms with Crippen molar-refractivity contribution in [2.24, 2.45) is 11.7 Å². The van der Waals surface area contributed by atoms with E-state index in [0.717, 1.165) is 33.2 Å². The summed E-state index contributed by atoms with van der Waals surface area (Å²) in [6, 6.07) is 6.33. The number of benzene rings is 1. The van der Waals surface area contributed by atoms with Crippen LogP contribution in [0.3, 0.4) is 0 Å². The van der Waals surface area contributed by atoms with Crippen LogP contribution in [0.2, 0.25) is 0 Å². The molecule has 1 aliphatic carbocycles. The fraction of sp³-hybridized carbons (Fsp3) is 0.238. The Hall–Kier alpha value is -3.68. The molecule has 0 radical (unpaired) electrons. The van der Waals surface area contributed by atoms with Crippen molar-refractivity contribution in [3.05, 3.63) is 42.4 Å². The summed E-state index contributed by atoms with van der Waals surface area (Å²) in [5.41, 5.74) is 14.9. The first-order valence-corrected chi connectivity index (χ1v) is 9.60. The molecule has 1 saturated carbocycles. The van der Waals surface area contributed by atoms with Crippen LogP contribution in [0.15, 0.2) is 36.8 Å². The van der Waals surface area contributed by atoms with Gasteiger partial charge in [0.25, 0.3) is 5.91 Å². The Bertz CT molecular complexity index is 1240. The smallest absolute Gasteiger partial charge is 0.252 e. The largest absolute Gasteiger partial charge is 0.368 e. The molecule has 146 valence electrons. The molecule has 1 fully saturated rings. The SMILES string of the molecule is C[C@H](Nc1ncc(C(N)=O)c2[nH]c3cc(-c4cnc(N)nc4)ccc3c12)C1CC1. The Morgan fingerprint density at radius 3 is 2.62 bits per heavy atom. The van der Waals surface area contributed by atoms with E-state index in [1.165, 1.54) is 19.0 Å². The summed E-state index contributed by atoms with van der Waals surface area (Å²) in [5, 5.41) is 5.38. The van der Waals surface area contributed by atoms with Crippen molar-refractivity contribution in [3.8, 4) is 11.1 Å². The number of amides is 1. The van der Waals surface area contributed by atoms with Gasteiger partial charge in [-0.25, -0.2) is 15.0 Å². The molecule has 6 N–H and O–H groups in total. The average molecular weight is 387 g/mol. The summed E-state index contributed by atoms with van der Waals surface area (Å²) in [7, 11) is 0. The molecule has 8 heteroatoms. The van der Waals surface area contributed by atoms with Gasteiger partial charge in [0, 0.05) is 41.1 Å². The Balaban J connectivity index is 1.69. The van der Waals surface area contributed by atoms with E-state index in [0.29, 0.717) is 23.0 Å². The molecule has 1 aromatic carbocycles. The molecule has 5 rings (SSSR count). The number of nitrogens with one attached hydrogen (secondary N) is 2. The lowest BCUT2D eigenvalue weighted by molar-refractivity contribution is 0.100. The van der Waals surface area contributed by atoms with Crippen LogP contribution in [0.4, 0.5) is 11.8 Å². The van der Waals surface area contributed by atoms with Gasteiger partial charge in [-0.2, -0.15) is 0 Å². The number of nitrogens with zero attached hydrogens (tertiary/aromatic N) is 3. The minimum Gasteiger partial charge on any atom is -0.368 e. The van der Waals surface area contributed by atoms with Gasteiger partial charge < -0.3 is 21.8 Å². The summed E-state index contributed by atoms with van der Waals surface area (Å²) in [5.74, 6) is 1.16. The zero-order chi connectivity index (χ0) is 20.1. The lowest BCUT2D eigenvalue weighted by Crippen LogP contribution is -2.19. The number of nitrogens with two attached hydrogens (primary N) is 2. The molecule has 1 aliphatic rings. The highest BCUT2D eigenvalue weighted by molar-refractivity contribution is 6.18. The van der Waals surface area contributed by atoms with Gasteiger partial charge in [0.2, 0.25) is 5.95 Å². The molecule has 1 amide bonds. The topological polar surface area (TPSA) is 136 Å². The van der Waals surface area contributed by atoms with E-state index in [4.69, 9.17) is 11.5 Å². The quantitative estimate of drug-likeness (QED) is 0.415. The van der Waals surface area contributed by atoms with E-state index in [-0.39, 0.29) is 5.95 Å². The molecule has 1 atom stereocenters. The van der Waals surface area contributed by atoms with Crippen molar-refractivity contribution in [1.82, 2.24) is 19.9 Å². The number of H-pyrrole nitrogens is 1. The van der Waals surface area contributed by atoms with Crippen LogP contribution in [0.1, 0.15) is 30.1 Å². The van der Waals surface area contributed by atoms with Crippen molar-refractivity contribution < 1.29 is 4.79 Å². The predicted octanol–water partition coefficient (Wildman–Crippen LogP) is 3.06. The van der Waals surface area contributed by atoms with Gasteiger partial charge in [-0.1, -0.05) is 12.1 Å². The van der Waals surface area contributed by atoms with E-state index < -0.39 is 5.91 Å². The fourth-order valence-electron chi connectivity index (χ4n) is 3.80. The maximum Gasteiger partial charge on any atom is 0.252 e. The molecule has 0 bridgehead atoms. The molecule has 4 aromatic rings. The third kappa shape index (κ3) is 3.02. The van der Waals surface area contributed by atoms with Crippen LogP contribution in [0.5, 0.6) is 0 Å². The second-order valence-corrected chi connectivity index (χ2v) is 7.62. The number of pyridine rings is 1. The van der Waals surface area contributed by atoms with Gasteiger partial charge in [-0.15, -0.1) is 0 Å². The van der Waals surface area contributed by atoms with E-state index in [1.54, 1.807) is 12.4 Å². The summed E-state index contributed by atoms with van der Waals surface area (Å²) in [6.07, 6.45) is 7.38. The molecule has 3 heterocycles. The highest BCUT2D eigenvalue weighted by atomic mass is 16.1. The Morgan fingerprint density at radius 1 is 1.17 bits per heavy atom. The monoisotopic (exact) mass is 387 g/mol. The van der Waals surface area contributed by atoms with Crippen molar-refractivity contribution in [2.45, 2.75) is 25.8 Å². The number of nitrogen functional groups attached to an aromatic ring is 1. The van der Waals surface area contributed by atoms with Crippen molar-refractivity contribution >= 4 is 39.5 Å². The molecule has 0 spiro atoms. The molecule has 8 nitrogen and oxygen atoms in total. The van der Waals surface area contributed by atoms with Crippen LogP contribution in [-0.2, 0) is 0 Å². The first-order valence-electron chi connectivity index (χ1n) is 9.60. The van der Waals surface area contributed by atoms with Crippen molar-refractivity contribution in [3.63, 3.8) is 0 Å². The van der Waals surface area contributed by atoms with Crippen LogP contribution in [-0.4, -0.2) is 31.9 Å². The maximum absolute atomic E-state index is 12.0. The zero-order valence-electron chi connectivity index (χ0n) is 15.9. The molecule has 3 aromatic heterocycles. The van der Waals surface area contributed by atoms with Gasteiger partial charge in [0.05, 0.1) is 16.5 Å². The first-order chi connectivity index (χ1) is 14.0. The second kappa shape index (κ2) is 6.44. The Labute approximate surface area is 166 Å².